The largest absolute Gasteiger partial charge is 0.376 e. The smallest absolute Gasteiger partial charge is 0.0764 e. The predicted molar refractivity (Wildman–Crippen MR) is 69.3 cm³/mol. The van der Waals surface area contributed by atoms with E-state index >= 15 is 0 Å². The zero-order valence-electron chi connectivity index (χ0n) is 11.3. The van der Waals surface area contributed by atoms with Crippen LogP contribution in [0, 0.1) is 0 Å². The van der Waals surface area contributed by atoms with Gasteiger partial charge in [-0.3, -0.25) is 0 Å². The van der Waals surface area contributed by atoms with Crippen LogP contribution in [0.2, 0.25) is 0 Å². The Kier molecular flexibility index (Phi) is 5.24. The summed E-state index contributed by atoms with van der Waals surface area (Å²) in [4.78, 5) is 0. The minimum Gasteiger partial charge on any atom is -0.376 e. The average molecular weight is 234 g/mol. The Hall–Kier alpha value is 0.350. The van der Waals surface area contributed by atoms with Gasteiger partial charge in [0.2, 0.25) is 0 Å². The van der Waals surface area contributed by atoms with Gasteiger partial charge in [-0.2, -0.15) is 0 Å². The van der Waals surface area contributed by atoms with Crippen molar-refractivity contribution in [2.75, 3.05) is 6.61 Å². The summed E-state index contributed by atoms with van der Waals surface area (Å²) in [5.41, 5.74) is -0.205. The van der Waals surface area contributed by atoms with Crippen molar-refractivity contribution in [2.24, 2.45) is 0 Å². The zero-order chi connectivity index (χ0) is 12.3. The summed E-state index contributed by atoms with van der Waals surface area (Å²) in [5, 5.41) is -0.175. The number of hydrogen-bond donors (Lipinski definition) is 0. The molecule has 0 radical (unpaired) electrons. The molecule has 3 heteroatoms. The Labute approximate surface area is 97.3 Å². The maximum atomic E-state index is 5.92. The lowest BCUT2D eigenvalue weighted by Gasteiger charge is -2.34. The van der Waals surface area contributed by atoms with Gasteiger partial charge in [0.05, 0.1) is 16.5 Å². The Morgan fingerprint density at radius 1 is 0.933 bits per heavy atom. The second-order valence-corrected chi connectivity index (χ2v) is 7.57. The first-order chi connectivity index (χ1) is 6.41. The Morgan fingerprint density at radius 3 is 1.73 bits per heavy atom. The first-order valence-corrected chi connectivity index (χ1v) is 6.12. The molecule has 1 unspecified atom stereocenters. The van der Waals surface area contributed by atoms with Gasteiger partial charge in [0.1, 0.15) is 0 Å². The van der Waals surface area contributed by atoms with Crippen LogP contribution in [0.3, 0.4) is 0 Å². The lowest BCUT2D eigenvalue weighted by Crippen LogP contribution is -2.35. The fourth-order valence-electron chi connectivity index (χ4n) is 1.37. The third-order valence-electron chi connectivity index (χ3n) is 1.78. The lowest BCUT2D eigenvalue weighted by molar-refractivity contribution is -0.101. The molecule has 92 valence electrons. The summed E-state index contributed by atoms with van der Waals surface area (Å²) in [6.45, 7) is 15.2. The highest BCUT2D eigenvalue weighted by atomic mass is 31.0. The molecule has 0 fully saturated rings. The molecule has 0 spiro atoms. The van der Waals surface area contributed by atoms with E-state index < -0.39 is 0 Å². The van der Waals surface area contributed by atoms with Crippen LogP contribution in [-0.2, 0) is 9.47 Å². The molecule has 0 aliphatic carbocycles. The minimum atomic E-state index is -0.175. The molecule has 1 atom stereocenters. The molecule has 0 saturated heterocycles. The number of rotatable bonds is 5. The highest BCUT2D eigenvalue weighted by Crippen LogP contribution is 2.28. The molecule has 15 heavy (non-hydrogen) atoms. The maximum absolute atomic E-state index is 5.92. The van der Waals surface area contributed by atoms with Gasteiger partial charge in [0.15, 0.2) is 0 Å². The normalized spacial score (nSPS) is 14.4. The van der Waals surface area contributed by atoms with E-state index in [-0.39, 0.29) is 16.5 Å². The monoisotopic (exact) mass is 234 g/mol. The Bertz CT molecular complexity index is 187. The van der Waals surface area contributed by atoms with E-state index in [1.54, 1.807) is 0 Å². The van der Waals surface area contributed by atoms with Crippen molar-refractivity contribution in [2.45, 2.75) is 71.4 Å². The first-order valence-electron chi connectivity index (χ1n) is 5.54. The summed E-state index contributed by atoms with van der Waals surface area (Å²) in [6, 6.07) is 0. The standard InChI is InChI=1S/C12H27O2P/c1-10(2,3)13-9-8-11(4,5)14-12(6,7)15/h8-9,15H2,1-7H3. The van der Waals surface area contributed by atoms with Crippen LogP contribution < -0.4 is 0 Å². The first kappa shape index (κ1) is 15.3. The van der Waals surface area contributed by atoms with E-state index in [9.17, 15) is 0 Å². The highest BCUT2D eigenvalue weighted by Gasteiger charge is 2.26. The Morgan fingerprint density at radius 2 is 1.40 bits per heavy atom. The molecule has 0 bridgehead atoms. The van der Waals surface area contributed by atoms with Gasteiger partial charge in [-0.05, 0) is 54.9 Å². The van der Waals surface area contributed by atoms with Gasteiger partial charge in [0.25, 0.3) is 0 Å². The van der Waals surface area contributed by atoms with Gasteiger partial charge in [0, 0.05) is 6.61 Å². The van der Waals surface area contributed by atoms with Crippen molar-refractivity contribution >= 4 is 9.24 Å². The van der Waals surface area contributed by atoms with Crippen LogP contribution in [0.4, 0.5) is 0 Å². The zero-order valence-corrected chi connectivity index (χ0v) is 12.5. The van der Waals surface area contributed by atoms with Crippen molar-refractivity contribution < 1.29 is 9.47 Å². The molecular weight excluding hydrogens is 207 g/mol. The predicted octanol–water partition coefficient (Wildman–Crippen LogP) is 3.60. The fourth-order valence-corrected chi connectivity index (χ4v) is 1.69. The number of hydrogen-bond acceptors (Lipinski definition) is 2. The van der Waals surface area contributed by atoms with Gasteiger partial charge in [-0.25, -0.2) is 0 Å². The molecule has 0 saturated carbocycles. The lowest BCUT2D eigenvalue weighted by atomic mass is 10.1. The van der Waals surface area contributed by atoms with Crippen molar-refractivity contribution in [1.29, 1.82) is 0 Å². The van der Waals surface area contributed by atoms with E-state index in [1.807, 2.05) is 13.8 Å². The van der Waals surface area contributed by atoms with Crippen LogP contribution in [-0.4, -0.2) is 23.2 Å². The van der Waals surface area contributed by atoms with E-state index in [0.29, 0.717) is 0 Å². The van der Waals surface area contributed by atoms with E-state index in [2.05, 4.69) is 43.9 Å². The van der Waals surface area contributed by atoms with Crippen LogP contribution in [0.15, 0.2) is 0 Å². The summed E-state index contributed by atoms with van der Waals surface area (Å²) in [6.07, 6.45) is 0.905. The summed E-state index contributed by atoms with van der Waals surface area (Å²) >= 11 is 0. The summed E-state index contributed by atoms with van der Waals surface area (Å²) in [7, 11) is 2.70. The SMILES string of the molecule is CC(C)(C)OCCC(C)(C)OC(C)(C)P. The summed E-state index contributed by atoms with van der Waals surface area (Å²) in [5.74, 6) is 0. The second kappa shape index (κ2) is 5.12. The van der Waals surface area contributed by atoms with Gasteiger partial charge >= 0.3 is 0 Å². The molecule has 0 aliphatic rings. The van der Waals surface area contributed by atoms with Crippen molar-refractivity contribution in [1.82, 2.24) is 0 Å². The molecule has 0 aromatic rings. The van der Waals surface area contributed by atoms with E-state index in [4.69, 9.17) is 9.47 Å². The molecule has 2 nitrogen and oxygen atoms in total. The minimum absolute atomic E-state index is 0.0629. The Balaban J connectivity index is 3.95. The van der Waals surface area contributed by atoms with Gasteiger partial charge in [-0.1, -0.05) is 0 Å². The van der Waals surface area contributed by atoms with Crippen LogP contribution in [0.25, 0.3) is 0 Å². The third-order valence-corrected chi connectivity index (χ3v) is 1.90. The molecule has 0 aliphatic heterocycles. The van der Waals surface area contributed by atoms with E-state index in [0.717, 1.165) is 13.0 Å². The highest BCUT2D eigenvalue weighted by molar-refractivity contribution is 7.18. The molecular formula is C12H27O2P. The topological polar surface area (TPSA) is 18.5 Å². The fraction of sp³-hybridized carbons (Fsp3) is 1.00. The maximum Gasteiger partial charge on any atom is 0.0764 e. The molecule has 0 aromatic carbocycles. The molecule has 0 heterocycles. The number of ether oxygens (including phenoxy) is 2. The second-order valence-electron chi connectivity index (χ2n) is 6.18. The van der Waals surface area contributed by atoms with E-state index in [1.165, 1.54) is 0 Å². The molecule has 0 rings (SSSR count). The molecule has 0 amide bonds. The quantitative estimate of drug-likeness (QED) is 0.677. The summed E-state index contributed by atoms with van der Waals surface area (Å²) < 4.78 is 11.6. The van der Waals surface area contributed by atoms with Crippen LogP contribution in [0.5, 0.6) is 0 Å². The van der Waals surface area contributed by atoms with Crippen molar-refractivity contribution in [3.8, 4) is 0 Å². The van der Waals surface area contributed by atoms with Crippen LogP contribution >= 0.6 is 9.24 Å². The molecule has 0 aromatic heterocycles. The van der Waals surface area contributed by atoms with Crippen molar-refractivity contribution in [3.05, 3.63) is 0 Å². The molecule has 0 N–H and O–H groups in total. The average Bonchev–Trinajstić information content (AvgIpc) is 1.75. The van der Waals surface area contributed by atoms with Crippen molar-refractivity contribution in [3.63, 3.8) is 0 Å². The van der Waals surface area contributed by atoms with Crippen LogP contribution in [0.1, 0.15) is 54.9 Å². The van der Waals surface area contributed by atoms with Gasteiger partial charge in [-0.15, -0.1) is 9.24 Å². The van der Waals surface area contributed by atoms with Gasteiger partial charge < -0.3 is 9.47 Å². The third kappa shape index (κ3) is 10.6.